The maximum atomic E-state index is 14.1. The quantitative estimate of drug-likeness (QED) is 0.185. The number of carboxylic acid groups (broad SMARTS) is 1. The Kier molecular flexibility index (Phi) is 13.6. The first-order valence-corrected chi connectivity index (χ1v) is 16.0. The third-order valence-corrected chi connectivity index (χ3v) is 8.26. The topological polar surface area (TPSA) is 166 Å². The first-order chi connectivity index (χ1) is 23.1. The van der Waals surface area contributed by atoms with E-state index in [1.807, 2.05) is 60.7 Å². The van der Waals surface area contributed by atoms with Crippen LogP contribution in [-0.4, -0.2) is 95.0 Å². The Bertz CT molecular complexity index is 1570. The third-order valence-electron chi connectivity index (χ3n) is 8.26. The van der Waals surface area contributed by atoms with Gasteiger partial charge >= 0.3 is 5.97 Å². The molecule has 1 unspecified atom stereocenters. The molecule has 1 heterocycles. The second-order valence-corrected chi connectivity index (χ2v) is 12.3. The Labute approximate surface area is 287 Å². The SMILES string of the molecule is CC(=O)Nc1ccc(C(=O)N[C@@H]2CCN(C(C)CC(C(=O)N(C)C)(c3ccccc3)c3ccccc3)C[C@H]2O)c(OC(C)=O)c1.CC(=O)O. The number of hydrogen-bond donors (Lipinski definition) is 4. The molecule has 0 aromatic heterocycles. The van der Waals surface area contributed by atoms with Crippen LogP contribution >= 0.6 is 0 Å². The lowest BCUT2D eigenvalue weighted by atomic mass is 9.69. The number of ether oxygens (including phenoxy) is 1. The molecular weight excluding hydrogens is 628 g/mol. The van der Waals surface area contributed by atoms with Crippen molar-refractivity contribution in [2.24, 2.45) is 0 Å². The van der Waals surface area contributed by atoms with Gasteiger partial charge in [-0.15, -0.1) is 0 Å². The van der Waals surface area contributed by atoms with Crippen LogP contribution in [0.5, 0.6) is 5.75 Å². The van der Waals surface area contributed by atoms with Crippen LogP contribution < -0.4 is 15.4 Å². The van der Waals surface area contributed by atoms with Crippen LogP contribution in [0, 0.1) is 0 Å². The van der Waals surface area contributed by atoms with Crippen molar-refractivity contribution in [1.82, 2.24) is 15.1 Å². The molecule has 4 rings (SSSR count). The lowest BCUT2D eigenvalue weighted by molar-refractivity contribution is -0.135. The van der Waals surface area contributed by atoms with Crippen molar-refractivity contribution in [1.29, 1.82) is 0 Å². The molecule has 3 amide bonds. The van der Waals surface area contributed by atoms with Crippen LogP contribution in [0.4, 0.5) is 5.69 Å². The summed E-state index contributed by atoms with van der Waals surface area (Å²) < 4.78 is 5.26. The monoisotopic (exact) mass is 674 g/mol. The predicted octanol–water partition coefficient (Wildman–Crippen LogP) is 3.68. The number of carbonyl (C=O) groups is 5. The van der Waals surface area contributed by atoms with Gasteiger partial charge in [0.05, 0.1) is 17.7 Å². The number of benzene rings is 3. The van der Waals surface area contributed by atoms with Gasteiger partial charge in [0.1, 0.15) is 11.2 Å². The van der Waals surface area contributed by atoms with Gasteiger partial charge in [0.2, 0.25) is 11.8 Å². The van der Waals surface area contributed by atoms with E-state index < -0.39 is 35.4 Å². The molecule has 262 valence electrons. The highest BCUT2D eigenvalue weighted by Gasteiger charge is 2.45. The molecule has 49 heavy (non-hydrogen) atoms. The first kappa shape index (κ1) is 38.4. The summed E-state index contributed by atoms with van der Waals surface area (Å²) in [5, 5.41) is 24.1. The van der Waals surface area contributed by atoms with Gasteiger partial charge in [-0.05, 0) is 43.0 Å². The number of aliphatic carboxylic acids is 1. The van der Waals surface area contributed by atoms with Crippen LogP contribution in [0.3, 0.4) is 0 Å². The van der Waals surface area contributed by atoms with Crippen molar-refractivity contribution in [2.45, 2.75) is 64.1 Å². The molecule has 3 atom stereocenters. The van der Waals surface area contributed by atoms with Crippen LogP contribution in [0.25, 0.3) is 0 Å². The van der Waals surface area contributed by atoms with Gasteiger partial charge < -0.3 is 30.5 Å². The number of hydrogen-bond acceptors (Lipinski definition) is 8. The van der Waals surface area contributed by atoms with Gasteiger partial charge in [-0.25, -0.2) is 0 Å². The summed E-state index contributed by atoms with van der Waals surface area (Å²) in [4.78, 5) is 63.4. The second-order valence-electron chi connectivity index (χ2n) is 12.3. The van der Waals surface area contributed by atoms with E-state index in [0.717, 1.165) is 18.1 Å². The highest BCUT2D eigenvalue weighted by Crippen LogP contribution is 2.40. The average molecular weight is 675 g/mol. The van der Waals surface area contributed by atoms with Crippen molar-refractivity contribution >= 4 is 35.3 Å². The largest absolute Gasteiger partial charge is 0.481 e. The molecule has 3 aromatic carbocycles. The van der Waals surface area contributed by atoms with Gasteiger partial charge in [0.25, 0.3) is 11.9 Å². The Morgan fingerprint density at radius 1 is 0.939 bits per heavy atom. The highest BCUT2D eigenvalue weighted by atomic mass is 16.5. The predicted molar refractivity (Wildman–Crippen MR) is 185 cm³/mol. The molecule has 0 aliphatic carbocycles. The minimum absolute atomic E-state index is 0.00974. The van der Waals surface area contributed by atoms with Crippen molar-refractivity contribution < 1.29 is 38.9 Å². The number of β-amino-alcohol motifs (C(OH)–C–C–N with tert-alkyl or cyclic N) is 1. The van der Waals surface area contributed by atoms with Crippen LogP contribution in [0.15, 0.2) is 78.9 Å². The molecule has 4 N–H and O–H groups in total. The van der Waals surface area contributed by atoms with Gasteiger partial charge in [0.15, 0.2) is 0 Å². The number of amides is 3. The Morgan fingerprint density at radius 3 is 1.96 bits per heavy atom. The normalized spacial score (nSPS) is 16.6. The number of nitrogens with zero attached hydrogens (tertiary/aromatic N) is 2. The van der Waals surface area contributed by atoms with E-state index in [2.05, 4.69) is 22.5 Å². The van der Waals surface area contributed by atoms with E-state index >= 15 is 0 Å². The fourth-order valence-electron chi connectivity index (χ4n) is 6.14. The molecule has 3 aromatic rings. The van der Waals surface area contributed by atoms with Gasteiger partial charge in [-0.2, -0.15) is 0 Å². The molecule has 0 bridgehead atoms. The zero-order chi connectivity index (χ0) is 36.3. The summed E-state index contributed by atoms with van der Waals surface area (Å²) in [6.45, 7) is 6.60. The Morgan fingerprint density at radius 2 is 1.49 bits per heavy atom. The van der Waals surface area contributed by atoms with Crippen molar-refractivity contribution in [3.63, 3.8) is 0 Å². The zero-order valence-electron chi connectivity index (χ0n) is 28.8. The highest BCUT2D eigenvalue weighted by molar-refractivity contribution is 5.99. The summed E-state index contributed by atoms with van der Waals surface area (Å²) in [6.07, 6.45) is 0.0669. The molecule has 12 heteroatoms. The number of nitrogens with one attached hydrogen (secondary N) is 2. The number of rotatable bonds is 10. The summed E-state index contributed by atoms with van der Waals surface area (Å²) in [5.41, 5.74) is 1.35. The maximum Gasteiger partial charge on any atom is 0.308 e. The number of carbonyl (C=O) groups excluding carboxylic acids is 4. The van der Waals surface area contributed by atoms with Gasteiger partial charge in [-0.3, -0.25) is 28.9 Å². The number of aliphatic hydroxyl groups is 1. The van der Waals surface area contributed by atoms with E-state index in [0.29, 0.717) is 31.6 Å². The number of anilines is 1. The maximum absolute atomic E-state index is 14.1. The summed E-state index contributed by atoms with van der Waals surface area (Å²) in [6, 6.07) is 23.4. The summed E-state index contributed by atoms with van der Waals surface area (Å²) in [7, 11) is 3.54. The molecule has 1 aliphatic rings. The lowest BCUT2D eigenvalue weighted by Gasteiger charge is -2.44. The number of likely N-dealkylation sites (N-methyl/N-ethyl adjacent to an activating group) is 1. The molecule has 1 saturated heterocycles. The number of piperidine rings is 1. The number of esters is 1. The fraction of sp³-hybridized carbons (Fsp3) is 0.378. The van der Waals surface area contributed by atoms with E-state index in [9.17, 15) is 24.3 Å². The minimum Gasteiger partial charge on any atom is -0.481 e. The molecule has 0 saturated carbocycles. The molecule has 0 spiro atoms. The van der Waals surface area contributed by atoms with E-state index in [4.69, 9.17) is 14.6 Å². The van der Waals surface area contributed by atoms with Crippen LogP contribution in [0.2, 0.25) is 0 Å². The Hall–Kier alpha value is -5.07. The lowest BCUT2D eigenvalue weighted by Crippen LogP contribution is -2.57. The standard InChI is InChI=1S/C35H42N4O6.C2H4O2/c1-23(21-35(34(44)38(4)5,26-12-8-6-9-13-26)27-14-10-7-11-15-27)39-19-18-30(31(42)22-39)37-33(43)29-17-16-28(36-24(2)40)20-32(29)45-25(3)41;1-2(3)4/h6-17,20,23,30-31,42H,18-19,21-22H2,1-5H3,(H,36,40)(H,37,43);1H3,(H,3,4)/t23?,30-,31-;/m1./s1. The zero-order valence-corrected chi connectivity index (χ0v) is 28.8. The molecule has 12 nitrogen and oxygen atoms in total. The fourth-order valence-corrected chi connectivity index (χ4v) is 6.14. The number of aliphatic hydroxyl groups excluding tert-OH is 1. The number of likely N-dealkylation sites (tertiary alicyclic amines) is 1. The van der Waals surface area contributed by atoms with Crippen molar-refractivity contribution in [2.75, 3.05) is 32.5 Å². The van der Waals surface area contributed by atoms with E-state index in [1.165, 1.54) is 26.0 Å². The molecular formula is C37H46N4O8. The van der Waals surface area contributed by atoms with Crippen LogP contribution in [0.1, 0.15) is 62.0 Å². The molecule has 1 aliphatic heterocycles. The van der Waals surface area contributed by atoms with Crippen molar-refractivity contribution in [3.8, 4) is 5.75 Å². The third kappa shape index (κ3) is 10.2. The van der Waals surface area contributed by atoms with Crippen molar-refractivity contribution in [3.05, 3.63) is 95.6 Å². The summed E-state index contributed by atoms with van der Waals surface area (Å²) in [5.74, 6) is -2.27. The minimum atomic E-state index is -0.946. The van der Waals surface area contributed by atoms with Crippen LogP contribution in [-0.2, 0) is 24.6 Å². The van der Waals surface area contributed by atoms with E-state index in [1.54, 1.807) is 25.1 Å². The summed E-state index contributed by atoms with van der Waals surface area (Å²) >= 11 is 0. The number of carboxylic acids is 1. The second kappa shape index (κ2) is 17.4. The van der Waals surface area contributed by atoms with Gasteiger partial charge in [-0.1, -0.05) is 60.7 Å². The van der Waals surface area contributed by atoms with E-state index in [-0.39, 0.29) is 29.2 Å². The first-order valence-electron chi connectivity index (χ1n) is 16.0. The Balaban J connectivity index is 0.00000154. The average Bonchev–Trinajstić information content (AvgIpc) is 3.04. The molecule has 1 fully saturated rings. The van der Waals surface area contributed by atoms with Gasteiger partial charge in [0, 0.05) is 65.8 Å². The molecule has 0 radical (unpaired) electrons. The smallest absolute Gasteiger partial charge is 0.308 e.